The lowest BCUT2D eigenvalue weighted by Crippen LogP contribution is -2.31. The fraction of sp³-hybridized carbons (Fsp3) is 1.00. The zero-order valence-corrected chi connectivity index (χ0v) is 11.6. The van der Waals surface area contributed by atoms with Crippen molar-refractivity contribution in [3.8, 4) is 0 Å². The second-order valence-electron chi connectivity index (χ2n) is 7.09. The molecule has 0 bridgehead atoms. The third-order valence-corrected chi connectivity index (χ3v) is 5.79. The van der Waals surface area contributed by atoms with Crippen LogP contribution in [-0.4, -0.2) is 12.6 Å². The van der Waals surface area contributed by atoms with Gasteiger partial charge in [-0.2, -0.15) is 0 Å². The fourth-order valence-electron chi connectivity index (χ4n) is 3.61. The molecule has 0 aliphatic heterocycles. The van der Waals surface area contributed by atoms with E-state index in [0.29, 0.717) is 10.8 Å². The van der Waals surface area contributed by atoms with Crippen molar-refractivity contribution in [1.29, 1.82) is 0 Å². The van der Waals surface area contributed by atoms with Crippen LogP contribution in [0.4, 0.5) is 0 Å². The van der Waals surface area contributed by atoms with E-state index < -0.39 is 0 Å². The highest BCUT2D eigenvalue weighted by Crippen LogP contribution is 2.67. The summed E-state index contributed by atoms with van der Waals surface area (Å²) < 4.78 is 0. The van der Waals surface area contributed by atoms with E-state index in [9.17, 15) is 0 Å². The first-order chi connectivity index (χ1) is 7.46. The molecule has 0 saturated heterocycles. The maximum atomic E-state index is 3.83. The molecule has 2 saturated carbocycles. The molecular formula is C15H29N. The first-order valence-corrected chi connectivity index (χ1v) is 7.19. The van der Waals surface area contributed by atoms with Gasteiger partial charge in [-0.25, -0.2) is 0 Å². The van der Waals surface area contributed by atoms with E-state index in [2.05, 4.69) is 33.0 Å². The van der Waals surface area contributed by atoms with E-state index in [1.807, 2.05) is 0 Å². The molecule has 2 aliphatic rings. The molecule has 0 heterocycles. The maximum Gasteiger partial charge on any atom is 0.00671 e. The molecule has 0 spiro atoms. The Bertz CT molecular complexity index is 220. The van der Waals surface area contributed by atoms with E-state index >= 15 is 0 Å². The Hall–Kier alpha value is -0.0400. The summed E-state index contributed by atoms with van der Waals surface area (Å²) in [6.07, 6.45) is 8.61. The van der Waals surface area contributed by atoms with Crippen molar-refractivity contribution in [3.63, 3.8) is 0 Å². The predicted octanol–water partition coefficient (Wildman–Crippen LogP) is 3.98. The van der Waals surface area contributed by atoms with Crippen LogP contribution in [0.5, 0.6) is 0 Å². The van der Waals surface area contributed by atoms with Gasteiger partial charge in [-0.05, 0) is 36.1 Å². The molecule has 1 heteroatoms. The third kappa shape index (κ3) is 2.16. The highest BCUT2D eigenvalue weighted by molar-refractivity contribution is 5.12. The molecule has 0 aromatic carbocycles. The molecule has 2 rings (SSSR count). The van der Waals surface area contributed by atoms with Gasteiger partial charge in [0.25, 0.3) is 0 Å². The lowest BCUT2D eigenvalue weighted by Gasteiger charge is -2.16. The topological polar surface area (TPSA) is 12.0 Å². The molecule has 16 heavy (non-hydrogen) atoms. The standard InChI is InChI=1S/C15H29N/c1-14(2)13(15(14,3)4)11-16-12-9-7-5-6-8-10-12/h12-13,16H,5-11H2,1-4H3. The van der Waals surface area contributed by atoms with Gasteiger partial charge in [0.05, 0.1) is 0 Å². The minimum atomic E-state index is 0.546. The Labute approximate surface area is 101 Å². The summed E-state index contributed by atoms with van der Waals surface area (Å²) in [7, 11) is 0. The first-order valence-electron chi connectivity index (χ1n) is 7.19. The zero-order chi connectivity index (χ0) is 11.8. The Morgan fingerprint density at radius 1 is 0.875 bits per heavy atom. The van der Waals surface area contributed by atoms with E-state index in [-0.39, 0.29) is 0 Å². The van der Waals surface area contributed by atoms with Crippen molar-refractivity contribution >= 4 is 0 Å². The molecular weight excluding hydrogens is 194 g/mol. The molecule has 1 N–H and O–H groups in total. The first kappa shape index (κ1) is 12.4. The number of nitrogens with one attached hydrogen (secondary N) is 1. The number of hydrogen-bond acceptors (Lipinski definition) is 1. The Kier molecular flexibility index (Phi) is 3.36. The van der Waals surface area contributed by atoms with Crippen LogP contribution in [0, 0.1) is 16.7 Å². The van der Waals surface area contributed by atoms with Crippen molar-refractivity contribution < 1.29 is 0 Å². The normalized spacial score (nSPS) is 30.0. The lowest BCUT2D eigenvalue weighted by molar-refractivity contribution is 0.424. The molecule has 0 unspecified atom stereocenters. The SMILES string of the molecule is CC1(C)C(CNC2CCCCCC2)C1(C)C. The fourth-order valence-corrected chi connectivity index (χ4v) is 3.61. The largest absolute Gasteiger partial charge is 0.314 e. The molecule has 0 radical (unpaired) electrons. The second-order valence-corrected chi connectivity index (χ2v) is 7.09. The monoisotopic (exact) mass is 223 g/mol. The van der Waals surface area contributed by atoms with Gasteiger partial charge in [-0.15, -0.1) is 0 Å². The van der Waals surface area contributed by atoms with Crippen LogP contribution in [0.1, 0.15) is 66.2 Å². The van der Waals surface area contributed by atoms with Crippen molar-refractivity contribution in [1.82, 2.24) is 5.32 Å². The summed E-state index contributed by atoms with van der Waals surface area (Å²) in [6, 6.07) is 0.815. The highest BCUT2D eigenvalue weighted by Gasteiger charge is 2.63. The smallest absolute Gasteiger partial charge is 0.00671 e. The van der Waals surface area contributed by atoms with E-state index in [1.165, 1.54) is 45.1 Å². The van der Waals surface area contributed by atoms with Gasteiger partial charge in [0.2, 0.25) is 0 Å². The van der Waals surface area contributed by atoms with Gasteiger partial charge < -0.3 is 5.32 Å². The van der Waals surface area contributed by atoms with Crippen LogP contribution < -0.4 is 5.32 Å². The number of hydrogen-bond donors (Lipinski definition) is 1. The van der Waals surface area contributed by atoms with E-state index in [1.54, 1.807) is 0 Å². The van der Waals surface area contributed by atoms with Crippen LogP contribution in [0.2, 0.25) is 0 Å². The van der Waals surface area contributed by atoms with Crippen LogP contribution in [0.3, 0.4) is 0 Å². The summed E-state index contributed by atoms with van der Waals surface area (Å²) in [5.41, 5.74) is 1.09. The van der Waals surface area contributed by atoms with Gasteiger partial charge in [0.15, 0.2) is 0 Å². The van der Waals surface area contributed by atoms with Gasteiger partial charge in [-0.3, -0.25) is 0 Å². The van der Waals surface area contributed by atoms with Crippen LogP contribution >= 0.6 is 0 Å². The molecule has 0 aromatic rings. The Morgan fingerprint density at radius 3 is 1.81 bits per heavy atom. The van der Waals surface area contributed by atoms with Crippen LogP contribution in [0.15, 0.2) is 0 Å². The summed E-state index contributed by atoms with van der Waals surface area (Å²) in [5, 5.41) is 3.83. The molecule has 94 valence electrons. The Balaban J connectivity index is 1.76. The van der Waals surface area contributed by atoms with E-state index in [0.717, 1.165) is 12.0 Å². The third-order valence-electron chi connectivity index (χ3n) is 5.79. The molecule has 2 fully saturated rings. The zero-order valence-electron chi connectivity index (χ0n) is 11.6. The van der Waals surface area contributed by atoms with Crippen LogP contribution in [0.25, 0.3) is 0 Å². The van der Waals surface area contributed by atoms with Crippen molar-refractivity contribution in [3.05, 3.63) is 0 Å². The lowest BCUT2D eigenvalue weighted by atomic mass is 10.0. The van der Waals surface area contributed by atoms with Gasteiger partial charge in [-0.1, -0.05) is 53.4 Å². The molecule has 1 nitrogen and oxygen atoms in total. The second kappa shape index (κ2) is 4.33. The minimum absolute atomic E-state index is 0.546. The quantitative estimate of drug-likeness (QED) is 0.714. The average molecular weight is 223 g/mol. The minimum Gasteiger partial charge on any atom is -0.314 e. The van der Waals surface area contributed by atoms with Gasteiger partial charge >= 0.3 is 0 Å². The molecule has 0 aromatic heterocycles. The maximum absolute atomic E-state index is 3.83. The molecule has 2 aliphatic carbocycles. The van der Waals surface area contributed by atoms with Crippen molar-refractivity contribution in [2.75, 3.05) is 6.54 Å². The molecule has 0 atom stereocenters. The van der Waals surface area contributed by atoms with Crippen molar-refractivity contribution in [2.24, 2.45) is 16.7 Å². The molecule has 0 amide bonds. The summed E-state index contributed by atoms with van der Waals surface area (Å²) in [4.78, 5) is 0. The van der Waals surface area contributed by atoms with Gasteiger partial charge in [0, 0.05) is 6.04 Å². The highest BCUT2D eigenvalue weighted by atomic mass is 14.9. The summed E-state index contributed by atoms with van der Waals surface area (Å²) >= 11 is 0. The predicted molar refractivity (Wildman–Crippen MR) is 70.5 cm³/mol. The summed E-state index contributed by atoms with van der Waals surface area (Å²) in [6.45, 7) is 10.9. The van der Waals surface area contributed by atoms with Gasteiger partial charge in [0.1, 0.15) is 0 Å². The summed E-state index contributed by atoms with van der Waals surface area (Å²) in [5.74, 6) is 0.878. The number of rotatable bonds is 3. The Morgan fingerprint density at radius 2 is 1.38 bits per heavy atom. The average Bonchev–Trinajstić information content (AvgIpc) is 2.73. The van der Waals surface area contributed by atoms with Crippen molar-refractivity contribution in [2.45, 2.75) is 72.3 Å². The van der Waals surface area contributed by atoms with E-state index in [4.69, 9.17) is 0 Å². The van der Waals surface area contributed by atoms with Crippen LogP contribution in [-0.2, 0) is 0 Å².